The van der Waals surface area contributed by atoms with Crippen LogP contribution in [-0.2, 0) is 16.1 Å². The Morgan fingerprint density at radius 3 is 2.48 bits per heavy atom. The highest BCUT2D eigenvalue weighted by Gasteiger charge is 2.25. The maximum Gasteiger partial charge on any atom is 0.408 e. The third-order valence-corrected chi connectivity index (χ3v) is 3.15. The summed E-state index contributed by atoms with van der Waals surface area (Å²) in [5.41, 5.74) is 0.249. The molecule has 1 atom stereocenters. The van der Waals surface area contributed by atoms with Crippen molar-refractivity contribution < 1.29 is 19.2 Å². The van der Waals surface area contributed by atoms with Crippen LogP contribution in [0.4, 0.5) is 4.79 Å². The number of hydrogen-bond donors (Lipinski definition) is 2. The Balaban J connectivity index is 2.67. The summed E-state index contributed by atoms with van der Waals surface area (Å²) in [6.07, 6.45) is -0.598. The van der Waals surface area contributed by atoms with Gasteiger partial charge in [0, 0.05) is 13.0 Å². The minimum Gasteiger partial charge on any atom is -0.600 e. The SMILES string of the molecule is CN=[N+]([O-])CC[C@H](NC(=O)OC(C)(C)C)C(=O)NCc1ccccc1. The predicted molar refractivity (Wildman–Crippen MR) is 92.9 cm³/mol. The topological polar surface area (TPSA) is 106 Å². The summed E-state index contributed by atoms with van der Waals surface area (Å²) in [7, 11) is 1.36. The summed E-state index contributed by atoms with van der Waals surface area (Å²) in [4.78, 5) is 24.8. The summed E-state index contributed by atoms with van der Waals surface area (Å²) < 4.78 is 5.17. The fourth-order valence-electron chi connectivity index (χ4n) is 1.97. The number of hydrogen-bond acceptors (Lipinski definition) is 5. The van der Waals surface area contributed by atoms with E-state index in [4.69, 9.17) is 4.74 Å². The number of alkyl carbamates (subject to hydrolysis) is 1. The third kappa shape index (κ3) is 8.69. The number of rotatable bonds is 7. The zero-order valence-electron chi connectivity index (χ0n) is 15.1. The lowest BCUT2D eigenvalue weighted by atomic mass is 10.1. The van der Waals surface area contributed by atoms with Crippen molar-refractivity contribution in [2.75, 3.05) is 13.6 Å². The minimum atomic E-state index is -0.892. The molecule has 25 heavy (non-hydrogen) atoms. The Hall–Kier alpha value is -2.64. The molecule has 0 bridgehead atoms. The molecular weight excluding hydrogens is 324 g/mol. The molecule has 1 aromatic rings. The Morgan fingerprint density at radius 1 is 1.28 bits per heavy atom. The maximum atomic E-state index is 12.4. The molecule has 2 amide bonds. The Bertz CT molecular complexity index is 596. The van der Waals surface area contributed by atoms with Gasteiger partial charge in [-0.3, -0.25) is 4.79 Å². The monoisotopic (exact) mass is 350 g/mol. The van der Waals surface area contributed by atoms with Crippen molar-refractivity contribution in [2.24, 2.45) is 5.11 Å². The Kier molecular flexibility index (Phi) is 7.84. The van der Waals surface area contributed by atoms with Crippen LogP contribution in [0, 0.1) is 5.21 Å². The molecule has 1 aromatic carbocycles. The molecule has 0 aromatic heterocycles. The highest BCUT2D eigenvalue weighted by Crippen LogP contribution is 2.07. The number of hydroxylamine groups is 1. The number of amides is 2. The van der Waals surface area contributed by atoms with Crippen LogP contribution >= 0.6 is 0 Å². The average molecular weight is 350 g/mol. The summed E-state index contributed by atoms with van der Waals surface area (Å²) in [6, 6.07) is 8.50. The van der Waals surface area contributed by atoms with E-state index in [1.807, 2.05) is 30.3 Å². The van der Waals surface area contributed by atoms with E-state index < -0.39 is 17.7 Å². The van der Waals surface area contributed by atoms with Gasteiger partial charge >= 0.3 is 6.09 Å². The average Bonchev–Trinajstić information content (AvgIpc) is 2.55. The molecule has 0 aliphatic heterocycles. The molecule has 8 nitrogen and oxygen atoms in total. The van der Waals surface area contributed by atoms with Gasteiger partial charge in [0.15, 0.2) is 6.54 Å². The molecule has 1 rings (SSSR count). The minimum absolute atomic E-state index is 0.0181. The van der Waals surface area contributed by atoms with Crippen LogP contribution in [0.3, 0.4) is 0 Å². The van der Waals surface area contributed by atoms with E-state index in [2.05, 4.69) is 15.7 Å². The smallest absolute Gasteiger partial charge is 0.408 e. The zero-order valence-corrected chi connectivity index (χ0v) is 15.1. The summed E-state index contributed by atoms with van der Waals surface area (Å²) in [5.74, 6) is -0.390. The van der Waals surface area contributed by atoms with Crippen molar-refractivity contribution in [1.82, 2.24) is 10.6 Å². The number of carbonyl (C=O) groups is 2. The van der Waals surface area contributed by atoms with Crippen molar-refractivity contribution in [3.8, 4) is 0 Å². The lowest BCUT2D eigenvalue weighted by Gasteiger charge is -2.23. The normalized spacial score (nSPS) is 13.0. The number of nitrogens with zero attached hydrogens (tertiary/aromatic N) is 2. The number of carbonyl (C=O) groups excluding carboxylic acids is 2. The summed E-state index contributed by atoms with van der Waals surface area (Å²) in [5, 5.41) is 20.0. The fourth-order valence-corrected chi connectivity index (χ4v) is 1.97. The van der Waals surface area contributed by atoms with E-state index in [0.717, 1.165) is 5.56 Å². The van der Waals surface area contributed by atoms with Gasteiger partial charge < -0.3 is 20.6 Å². The van der Waals surface area contributed by atoms with Crippen molar-refractivity contribution >= 4 is 12.0 Å². The molecule has 0 aliphatic rings. The summed E-state index contributed by atoms with van der Waals surface area (Å²) in [6.45, 7) is 5.49. The number of ether oxygens (including phenoxy) is 1. The van der Waals surface area contributed by atoms with Crippen molar-refractivity contribution in [2.45, 2.75) is 45.4 Å². The second kappa shape index (κ2) is 9.61. The zero-order chi connectivity index (χ0) is 18.9. The van der Waals surface area contributed by atoms with Crippen LogP contribution in [0.5, 0.6) is 0 Å². The number of benzene rings is 1. The van der Waals surface area contributed by atoms with E-state index in [1.54, 1.807) is 20.8 Å². The second-order valence-corrected chi connectivity index (χ2v) is 6.47. The molecule has 0 fully saturated rings. The van der Waals surface area contributed by atoms with Gasteiger partial charge in [-0.15, -0.1) is 0 Å². The third-order valence-electron chi connectivity index (χ3n) is 3.15. The molecule has 2 N–H and O–H groups in total. The van der Waals surface area contributed by atoms with Gasteiger partial charge in [0.25, 0.3) is 0 Å². The van der Waals surface area contributed by atoms with Gasteiger partial charge in [-0.2, -0.15) is 0 Å². The maximum absolute atomic E-state index is 12.4. The van der Waals surface area contributed by atoms with Crippen LogP contribution < -0.4 is 10.6 Å². The van der Waals surface area contributed by atoms with Gasteiger partial charge in [0.05, 0.1) is 7.05 Å². The second-order valence-electron chi connectivity index (χ2n) is 6.47. The van der Waals surface area contributed by atoms with Gasteiger partial charge in [0.2, 0.25) is 5.91 Å². The molecule has 0 heterocycles. The van der Waals surface area contributed by atoms with Gasteiger partial charge in [-0.05, 0) is 31.4 Å². The van der Waals surface area contributed by atoms with E-state index in [9.17, 15) is 14.8 Å². The van der Waals surface area contributed by atoms with Crippen LogP contribution in [-0.4, -0.2) is 42.1 Å². The van der Waals surface area contributed by atoms with Crippen molar-refractivity contribution in [3.05, 3.63) is 41.1 Å². The largest absolute Gasteiger partial charge is 0.600 e. The molecule has 0 aliphatic carbocycles. The first-order chi connectivity index (χ1) is 11.7. The molecule has 0 saturated heterocycles. The molecule has 0 spiro atoms. The van der Waals surface area contributed by atoms with E-state index in [-0.39, 0.29) is 18.9 Å². The molecule has 0 radical (unpaired) electrons. The highest BCUT2D eigenvalue weighted by molar-refractivity contribution is 5.85. The lowest BCUT2D eigenvalue weighted by Crippen LogP contribution is -2.48. The van der Waals surface area contributed by atoms with Crippen molar-refractivity contribution in [3.63, 3.8) is 0 Å². The Morgan fingerprint density at radius 2 is 1.92 bits per heavy atom. The van der Waals surface area contributed by atoms with Gasteiger partial charge in [0.1, 0.15) is 11.6 Å². The van der Waals surface area contributed by atoms with Crippen LogP contribution in [0.15, 0.2) is 35.4 Å². The number of azo groups is 1. The molecular formula is C17H26N4O4. The van der Waals surface area contributed by atoms with Crippen molar-refractivity contribution in [1.29, 1.82) is 0 Å². The highest BCUT2D eigenvalue weighted by atomic mass is 16.6. The van der Waals surface area contributed by atoms with Crippen LogP contribution in [0.2, 0.25) is 0 Å². The van der Waals surface area contributed by atoms with E-state index in [0.29, 0.717) is 11.4 Å². The first-order valence-electron chi connectivity index (χ1n) is 8.07. The molecule has 0 unspecified atom stereocenters. The van der Waals surface area contributed by atoms with Gasteiger partial charge in [-0.25, -0.2) is 4.79 Å². The van der Waals surface area contributed by atoms with Crippen LogP contribution in [0.25, 0.3) is 0 Å². The van der Waals surface area contributed by atoms with E-state index in [1.165, 1.54) is 7.05 Å². The fraction of sp³-hybridized carbons (Fsp3) is 0.529. The molecule has 0 saturated carbocycles. The number of nitrogens with one attached hydrogen (secondary N) is 2. The standard InChI is InChI=1S/C17H26N4O4/c1-17(2,3)25-16(23)20-14(10-11-21(24)18-4)15(22)19-12-13-8-6-5-7-9-13/h5-9,14H,10-12H2,1-4H3,(H,19,22)(H,20,23)/t14-/m0/s1. The van der Waals surface area contributed by atoms with E-state index >= 15 is 0 Å². The summed E-state index contributed by atoms with van der Waals surface area (Å²) >= 11 is 0. The first kappa shape index (κ1) is 20.4. The quantitative estimate of drug-likeness (QED) is 0.446. The lowest BCUT2D eigenvalue weighted by molar-refractivity contribution is -0.529. The Labute approximate surface area is 147 Å². The molecule has 138 valence electrons. The first-order valence-corrected chi connectivity index (χ1v) is 8.07. The van der Waals surface area contributed by atoms with Crippen LogP contribution in [0.1, 0.15) is 32.8 Å². The predicted octanol–water partition coefficient (Wildman–Crippen LogP) is 2.18. The molecule has 8 heteroatoms. The van der Waals surface area contributed by atoms with Gasteiger partial charge in [-0.1, -0.05) is 35.2 Å².